The Morgan fingerprint density at radius 1 is 1.42 bits per heavy atom. The van der Waals surface area contributed by atoms with Crippen LogP contribution in [-0.4, -0.2) is 54.2 Å². The van der Waals surface area contributed by atoms with Crippen molar-refractivity contribution in [2.24, 2.45) is 0 Å². The van der Waals surface area contributed by atoms with Crippen molar-refractivity contribution in [1.29, 1.82) is 0 Å². The van der Waals surface area contributed by atoms with Crippen LogP contribution in [0.1, 0.15) is 19.5 Å². The third kappa shape index (κ3) is 4.66. The number of thiazole rings is 1. The maximum atomic E-state index is 12.1. The second-order valence-electron chi connectivity index (χ2n) is 6.20. The molecule has 130 valence electrons. The van der Waals surface area contributed by atoms with Gasteiger partial charge in [0.2, 0.25) is 5.91 Å². The zero-order chi connectivity index (χ0) is 16.9. The van der Waals surface area contributed by atoms with Gasteiger partial charge in [-0.15, -0.1) is 11.3 Å². The van der Waals surface area contributed by atoms with Gasteiger partial charge in [0.1, 0.15) is 11.3 Å². The predicted molar refractivity (Wildman–Crippen MR) is 93.0 cm³/mol. The minimum Gasteiger partial charge on any atom is -0.472 e. The number of carbonyl (C=O) groups excluding carboxylic acids is 1. The summed E-state index contributed by atoms with van der Waals surface area (Å²) in [6, 6.07) is 1.87. The summed E-state index contributed by atoms with van der Waals surface area (Å²) < 4.78 is 10.8. The number of nitrogens with zero attached hydrogens (tertiary/aromatic N) is 2. The molecule has 24 heavy (non-hydrogen) atoms. The fourth-order valence-electron chi connectivity index (χ4n) is 2.95. The van der Waals surface area contributed by atoms with Gasteiger partial charge in [0.15, 0.2) is 0 Å². The van der Waals surface area contributed by atoms with Crippen molar-refractivity contribution in [1.82, 2.24) is 15.2 Å². The van der Waals surface area contributed by atoms with E-state index in [4.69, 9.17) is 9.15 Å². The Kier molecular flexibility index (Phi) is 5.65. The normalized spacial score (nSPS) is 21.8. The molecule has 1 aliphatic rings. The molecule has 2 unspecified atom stereocenters. The number of furan rings is 1. The van der Waals surface area contributed by atoms with E-state index >= 15 is 0 Å². The molecule has 0 spiro atoms. The molecule has 0 radical (unpaired) electrons. The highest BCUT2D eigenvalue weighted by molar-refractivity contribution is 7.13. The van der Waals surface area contributed by atoms with Crippen molar-refractivity contribution in [2.75, 3.05) is 26.2 Å². The summed E-state index contributed by atoms with van der Waals surface area (Å²) in [6.07, 6.45) is 4.09. The molecular weight excluding hydrogens is 326 g/mol. The summed E-state index contributed by atoms with van der Waals surface area (Å²) in [6.45, 7) is 7.50. The topological polar surface area (TPSA) is 67.6 Å². The molecule has 3 heterocycles. The van der Waals surface area contributed by atoms with Crippen molar-refractivity contribution in [2.45, 2.75) is 32.5 Å². The number of morpholine rings is 1. The highest BCUT2D eigenvalue weighted by Gasteiger charge is 2.21. The van der Waals surface area contributed by atoms with Gasteiger partial charge in [0, 0.05) is 37.1 Å². The molecular formula is C17H23N3O3S. The van der Waals surface area contributed by atoms with Crippen LogP contribution in [0.3, 0.4) is 0 Å². The Morgan fingerprint density at radius 2 is 2.21 bits per heavy atom. The minimum atomic E-state index is 0.00778. The van der Waals surface area contributed by atoms with E-state index in [2.05, 4.69) is 29.0 Å². The Morgan fingerprint density at radius 3 is 2.92 bits per heavy atom. The lowest BCUT2D eigenvalue weighted by atomic mass is 10.2. The number of hydrogen-bond acceptors (Lipinski definition) is 6. The summed E-state index contributed by atoms with van der Waals surface area (Å²) in [4.78, 5) is 18.9. The monoisotopic (exact) mass is 349 g/mol. The first kappa shape index (κ1) is 17.1. The van der Waals surface area contributed by atoms with E-state index in [1.54, 1.807) is 12.5 Å². The Balaban J connectivity index is 1.41. The van der Waals surface area contributed by atoms with Gasteiger partial charge < -0.3 is 14.5 Å². The maximum absolute atomic E-state index is 12.1. The molecule has 2 aromatic rings. The molecule has 1 aliphatic heterocycles. The number of carbonyl (C=O) groups is 1. The number of aromatic nitrogens is 1. The predicted octanol–water partition coefficient (Wildman–Crippen LogP) is 2.17. The standard InChI is InChI=1S/C17H23N3O3S/c1-12-8-20(9-13(2)23-12)5-4-18-16(21)7-15-11-24-17(19-15)14-3-6-22-10-14/h3,6,10-13H,4-5,7-9H2,1-2H3,(H,18,21). The molecule has 7 heteroatoms. The second-order valence-corrected chi connectivity index (χ2v) is 7.06. The molecule has 1 fully saturated rings. The summed E-state index contributed by atoms with van der Waals surface area (Å²) in [7, 11) is 0. The smallest absolute Gasteiger partial charge is 0.226 e. The lowest BCUT2D eigenvalue weighted by Crippen LogP contribution is -2.48. The number of hydrogen-bond donors (Lipinski definition) is 1. The third-order valence-electron chi connectivity index (χ3n) is 3.91. The van der Waals surface area contributed by atoms with Gasteiger partial charge in [-0.2, -0.15) is 0 Å². The molecule has 2 aromatic heterocycles. The molecule has 0 aromatic carbocycles. The van der Waals surface area contributed by atoms with Crippen LogP contribution < -0.4 is 5.32 Å². The average Bonchev–Trinajstić information content (AvgIpc) is 3.16. The van der Waals surface area contributed by atoms with Gasteiger partial charge in [0.05, 0.1) is 30.6 Å². The lowest BCUT2D eigenvalue weighted by molar-refractivity contribution is -0.120. The highest BCUT2D eigenvalue weighted by atomic mass is 32.1. The SMILES string of the molecule is CC1CN(CCNC(=O)Cc2csc(-c3ccoc3)n2)CC(C)O1. The van der Waals surface area contributed by atoms with Crippen LogP contribution in [0, 0.1) is 0 Å². The summed E-state index contributed by atoms with van der Waals surface area (Å²) in [5.41, 5.74) is 1.74. The van der Waals surface area contributed by atoms with Gasteiger partial charge >= 0.3 is 0 Å². The first-order chi connectivity index (χ1) is 11.6. The Hall–Kier alpha value is -1.70. The molecule has 0 aliphatic carbocycles. The van der Waals surface area contributed by atoms with Crippen molar-refractivity contribution >= 4 is 17.2 Å². The van der Waals surface area contributed by atoms with Crippen LogP contribution in [-0.2, 0) is 16.0 Å². The molecule has 3 rings (SSSR count). The van der Waals surface area contributed by atoms with Gasteiger partial charge in [-0.25, -0.2) is 4.98 Å². The number of amides is 1. The van der Waals surface area contributed by atoms with Crippen molar-refractivity contribution < 1.29 is 13.9 Å². The van der Waals surface area contributed by atoms with Crippen molar-refractivity contribution in [3.8, 4) is 10.6 Å². The van der Waals surface area contributed by atoms with Crippen LogP contribution in [0.5, 0.6) is 0 Å². The maximum Gasteiger partial charge on any atom is 0.226 e. The van der Waals surface area contributed by atoms with Gasteiger partial charge in [-0.1, -0.05) is 0 Å². The second kappa shape index (κ2) is 7.92. The summed E-state index contributed by atoms with van der Waals surface area (Å²) in [5.74, 6) is 0.00778. The van der Waals surface area contributed by atoms with E-state index < -0.39 is 0 Å². The minimum absolute atomic E-state index is 0.00778. The first-order valence-corrected chi connectivity index (χ1v) is 9.09. The number of rotatable bonds is 6. The van der Waals surface area contributed by atoms with Gasteiger partial charge in [-0.05, 0) is 19.9 Å². The zero-order valence-electron chi connectivity index (χ0n) is 14.0. The molecule has 2 atom stereocenters. The zero-order valence-corrected chi connectivity index (χ0v) is 14.8. The molecule has 0 saturated carbocycles. The largest absolute Gasteiger partial charge is 0.472 e. The van der Waals surface area contributed by atoms with Gasteiger partial charge in [-0.3, -0.25) is 9.69 Å². The van der Waals surface area contributed by atoms with E-state index in [9.17, 15) is 4.79 Å². The van der Waals surface area contributed by atoms with Crippen LogP contribution in [0.2, 0.25) is 0 Å². The van der Waals surface area contributed by atoms with Crippen LogP contribution in [0.25, 0.3) is 10.6 Å². The van der Waals surface area contributed by atoms with E-state index in [0.29, 0.717) is 13.0 Å². The van der Waals surface area contributed by atoms with Crippen LogP contribution in [0.15, 0.2) is 28.4 Å². The van der Waals surface area contributed by atoms with Crippen LogP contribution >= 0.6 is 11.3 Å². The fourth-order valence-corrected chi connectivity index (χ4v) is 3.76. The fraction of sp³-hybridized carbons (Fsp3) is 0.529. The Labute approximate surface area is 145 Å². The Bertz CT molecular complexity index is 646. The number of nitrogens with one attached hydrogen (secondary N) is 1. The molecule has 1 N–H and O–H groups in total. The van der Waals surface area contributed by atoms with Crippen LogP contribution in [0.4, 0.5) is 0 Å². The van der Waals surface area contributed by atoms with Crippen molar-refractivity contribution in [3.05, 3.63) is 29.7 Å². The first-order valence-electron chi connectivity index (χ1n) is 8.21. The number of ether oxygens (including phenoxy) is 1. The van der Waals surface area contributed by atoms with E-state index in [0.717, 1.165) is 35.9 Å². The molecule has 1 amide bonds. The van der Waals surface area contributed by atoms with Gasteiger partial charge in [0.25, 0.3) is 0 Å². The van der Waals surface area contributed by atoms with E-state index in [1.807, 2.05) is 11.4 Å². The van der Waals surface area contributed by atoms with Crippen molar-refractivity contribution in [3.63, 3.8) is 0 Å². The third-order valence-corrected chi connectivity index (χ3v) is 4.85. The average molecular weight is 349 g/mol. The summed E-state index contributed by atoms with van der Waals surface area (Å²) in [5, 5.41) is 5.78. The van der Waals surface area contributed by atoms with E-state index in [1.165, 1.54) is 11.3 Å². The quantitative estimate of drug-likeness (QED) is 0.866. The molecule has 1 saturated heterocycles. The molecule has 0 bridgehead atoms. The summed E-state index contributed by atoms with van der Waals surface area (Å²) >= 11 is 1.52. The lowest BCUT2D eigenvalue weighted by Gasteiger charge is -2.35. The highest BCUT2D eigenvalue weighted by Crippen LogP contribution is 2.24. The van der Waals surface area contributed by atoms with E-state index in [-0.39, 0.29) is 18.1 Å². The molecule has 6 nitrogen and oxygen atoms in total.